The van der Waals surface area contributed by atoms with Gasteiger partial charge in [-0.15, -0.1) is 10.2 Å². The number of benzene rings is 2. The number of thioether (sulfide) groups is 1. The Bertz CT molecular complexity index is 1240. The Balaban J connectivity index is 1.67. The molecule has 132 valence electrons. The summed E-state index contributed by atoms with van der Waals surface area (Å²) in [6.45, 7) is 2.13. The number of nitrogens with zero attached hydrogens (tertiary/aromatic N) is 4. The Morgan fingerprint density at radius 1 is 0.963 bits per heavy atom. The first-order valence-corrected chi connectivity index (χ1v) is 9.65. The average Bonchev–Trinajstić information content (AvgIpc) is 3.37. The van der Waals surface area contributed by atoms with Crippen molar-refractivity contribution in [2.24, 2.45) is 0 Å². The van der Waals surface area contributed by atoms with Gasteiger partial charge in [0.15, 0.2) is 22.4 Å². The fourth-order valence-corrected chi connectivity index (χ4v) is 4.15. The summed E-state index contributed by atoms with van der Waals surface area (Å²) >= 11 is 1.65. The van der Waals surface area contributed by atoms with Gasteiger partial charge >= 0.3 is 0 Å². The van der Waals surface area contributed by atoms with E-state index in [1.54, 1.807) is 18.0 Å². The molecule has 2 aromatic carbocycles. The fraction of sp³-hybridized carbons (Fsp3) is 0.0952. The first-order valence-electron chi connectivity index (χ1n) is 8.66. The molecule has 0 atom stereocenters. The minimum Gasteiger partial charge on any atom is -0.461 e. The number of hydrogen-bond donors (Lipinski definition) is 0. The molecule has 0 bridgehead atoms. The Morgan fingerprint density at radius 3 is 2.67 bits per heavy atom. The lowest BCUT2D eigenvalue weighted by Gasteiger charge is -2.08. The van der Waals surface area contributed by atoms with Crippen molar-refractivity contribution in [3.8, 4) is 11.6 Å². The van der Waals surface area contributed by atoms with Gasteiger partial charge < -0.3 is 4.42 Å². The van der Waals surface area contributed by atoms with Crippen molar-refractivity contribution in [3.05, 3.63) is 78.1 Å². The monoisotopic (exact) mass is 372 g/mol. The van der Waals surface area contributed by atoms with E-state index in [0.717, 1.165) is 27.5 Å². The molecule has 0 radical (unpaired) electrons. The number of rotatable bonds is 4. The van der Waals surface area contributed by atoms with E-state index >= 15 is 0 Å². The molecule has 6 heteroatoms. The van der Waals surface area contributed by atoms with E-state index in [9.17, 15) is 0 Å². The van der Waals surface area contributed by atoms with Gasteiger partial charge in [0.25, 0.3) is 0 Å². The number of hydrogen-bond acceptors (Lipinski definition) is 5. The van der Waals surface area contributed by atoms with Crippen LogP contribution in [0.15, 0.2) is 76.5 Å². The Labute approximate surface area is 160 Å². The second-order valence-corrected chi connectivity index (χ2v) is 7.23. The van der Waals surface area contributed by atoms with Gasteiger partial charge in [-0.2, -0.15) is 0 Å². The molecule has 0 spiro atoms. The summed E-state index contributed by atoms with van der Waals surface area (Å²) in [6.07, 6.45) is 1.66. The normalized spacial score (nSPS) is 11.4. The summed E-state index contributed by atoms with van der Waals surface area (Å²) in [6, 6.07) is 20.1. The predicted octanol–water partition coefficient (Wildman–Crippen LogP) is 5.14. The highest BCUT2D eigenvalue weighted by Gasteiger charge is 2.18. The number of para-hydroxylation sites is 1. The highest BCUT2D eigenvalue weighted by molar-refractivity contribution is 7.98. The van der Waals surface area contributed by atoms with Crippen molar-refractivity contribution in [3.63, 3.8) is 0 Å². The van der Waals surface area contributed by atoms with Crippen LogP contribution in [-0.4, -0.2) is 19.6 Å². The molecule has 0 N–H and O–H groups in total. The number of aryl methyl sites for hydroxylation is 1. The van der Waals surface area contributed by atoms with Crippen molar-refractivity contribution < 1.29 is 4.42 Å². The summed E-state index contributed by atoms with van der Waals surface area (Å²) < 4.78 is 7.62. The minimum atomic E-state index is 0.697. The Morgan fingerprint density at radius 2 is 1.81 bits per heavy atom. The van der Waals surface area contributed by atoms with Gasteiger partial charge in [0.2, 0.25) is 0 Å². The van der Waals surface area contributed by atoms with E-state index < -0.39 is 0 Å². The quantitative estimate of drug-likeness (QED) is 0.409. The van der Waals surface area contributed by atoms with Crippen LogP contribution in [0.3, 0.4) is 0 Å². The van der Waals surface area contributed by atoms with E-state index in [4.69, 9.17) is 9.40 Å². The third-order valence-corrected chi connectivity index (χ3v) is 5.55. The van der Waals surface area contributed by atoms with E-state index in [2.05, 4.69) is 41.4 Å². The smallest absolute Gasteiger partial charge is 0.197 e. The Hall–Kier alpha value is -3.12. The topological polar surface area (TPSA) is 56.2 Å². The SMILES string of the molecule is Cc1ccccc1CSc1nnc2c3ccccc3nc(-c3ccco3)n12. The van der Waals surface area contributed by atoms with Crippen molar-refractivity contribution in [2.75, 3.05) is 0 Å². The lowest BCUT2D eigenvalue weighted by molar-refractivity contribution is 0.575. The van der Waals surface area contributed by atoms with Crippen LogP contribution in [0, 0.1) is 6.92 Å². The molecule has 0 aliphatic heterocycles. The third kappa shape index (κ3) is 2.78. The van der Waals surface area contributed by atoms with Crippen LogP contribution in [0.4, 0.5) is 0 Å². The van der Waals surface area contributed by atoms with E-state index in [0.29, 0.717) is 11.6 Å². The van der Waals surface area contributed by atoms with Crippen LogP contribution in [0.1, 0.15) is 11.1 Å². The van der Waals surface area contributed by atoms with Crippen LogP contribution >= 0.6 is 11.8 Å². The summed E-state index contributed by atoms with van der Waals surface area (Å²) in [4.78, 5) is 4.83. The maximum absolute atomic E-state index is 5.63. The number of furan rings is 1. The molecule has 3 aromatic heterocycles. The third-order valence-electron chi connectivity index (χ3n) is 4.58. The molecule has 5 aromatic rings. The molecular formula is C21H16N4OS. The van der Waals surface area contributed by atoms with Crippen LogP contribution < -0.4 is 0 Å². The van der Waals surface area contributed by atoms with Crippen molar-refractivity contribution >= 4 is 28.3 Å². The van der Waals surface area contributed by atoms with Crippen LogP contribution in [0.5, 0.6) is 0 Å². The fourth-order valence-electron chi connectivity index (χ4n) is 3.14. The zero-order valence-corrected chi connectivity index (χ0v) is 15.5. The first-order chi connectivity index (χ1) is 13.3. The van der Waals surface area contributed by atoms with Gasteiger partial charge in [-0.05, 0) is 42.3 Å². The molecule has 0 saturated carbocycles. The second kappa shape index (κ2) is 6.55. The molecule has 0 fully saturated rings. The van der Waals surface area contributed by atoms with E-state index in [1.807, 2.05) is 40.8 Å². The highest BCUT2D eigenvalue weighted by atomic mass is 32.2. The summed E-state index contributed by atoms with van der Waals surface area (Å²) in [7, 11) is 0. The summed E-state index contributed by atoms with van der Waals surface area (Å²) in [5, 5.41) is 10.7. The minimum absolute atomic E-state index is 0.697. The molecule has 27 heavy (non-hydrogen) atoms. The van der Waals surface area contributed by atoms with Crippen molar-refractivity contribution in [1.29, 1.82) is 0 Å². The van der Waals surface area contributed by atoms with E-state index in [1.165, 1.54) is 11.1 Å². The summed E-state index contributed by atoms with van der Waals surface area (Å²) in [5.41, 5.74) is 4.22. The molecule has 0 unspecified atom stereocenters. The lowest BCUT2D eigenvalue weighted by atomic mass is 10.1. The number of fused-ring (bicyclic) bond motifs is 3. The number of aromatic nitrogens is 4. The predicted molar refractivity (Wildman–Crippen MR) is 107 cm³/mol. The van der Waals surface area contributed by atoms with E-state index in [-0.39, 0.29) is 0 Å². The van der Waals surface area contributed by atoms with Gasteiger partial charge in [0.05, 0.1) is 11.8 Å². The standard InChI is InChI=1S/C21H16N4OS/c1-14-7-2-3-8-15(14)13-27-21-24-23-19-16-9-4-5-10-17(16)22-20(25(19)21)18-11-6-12-26-18/h2-12H,13H2,1H3. The molecule has 0 aliphatic carbocycles. The van der Waals surface area contributed by atoms with Crippen molar-refractivity contribution in [1.82, 2.24) is 19.6 Å². The van der Waals surface area contributed by atoms with Gasteiger partial charge in [-0.1, -0.05) is 48.2 Å². The molecule has 0 amide bonds. The lowest BCUT2D eigenvalue weighted by Crippen LogP contribution is -1.99. The Kier molecular flexibility index (Phi) is 3.90. The summed E-state index contributed by atoms with van der Waals surface area (Å²) in [5.74, 6) is 2.23. The van der Waals surface area contributed by atoms with Gasteiger partial charge in [0.1, 0.15) is 0 Å². The van der Waals surface area contributed by atoms with Crippen molar-refractivity contribution in [2.45, 2.75) is 17.8 Å². The molecular weight excluding hydrogens is 356 g/mol. The molecule has 0 saturated heterocycles. The molecule has 0 aliphatic rings. The van der Waals surface area contributed by atoms with Crippen LogP contribution in [-0.2, 0) is 5.75 Å². The maximum Gasteiger partial charge on any atom is 0.197 e. The van der Waals surface area contributed by atoms with Crippen LogP contribution in [0.25, 0.3) is 28.1 Å². The molecule has 5 nitrogen and oxygen atoms in total. The maximum atomic E-state index is 5.63. The van der Waals surface area contributed by atoms with Gasteiger partial charge in [-0.25, -0.2) is 4.98 Å². The largest absolute Gasteiger partial charge is 0.461 e. The highest BCUT2D eigenvalue weighted by Crippen LogP contribution is 2.30. The second-order valence-electron chi connectivity index (χ2n) is 6.29. The average molecular weight is 372 g/mol. The van der Waals surface area contributed by atoms with Crippen LogP contribution in [0.2, 0.25) is 0 Å². The zero-order valence-electron chi connectivity index (χ0n) is 14.7. The first kappa shape index (κ1) is 16.1. The van der Waals surface area contributed by atoms with Gasteiger partial charge in [0, 0.05) is 11.1 Å². The zero-order chi connectivity index (χ0) is 18.2. The van der Waals surface area contributed by atoms with Gasteiger partial charge in [-0.3, -0.25) is 4.40 Å². The molecule has 5 rings (SSSR count). The molecule has 3 heterocycles.